The first-order chi connectivity index (χ1) is 9.05. The van der Waals surface area contributed by atoms with Crippen molar-refractivity contribution in [3.63, 3.8) is 0 Å². The van der Waals surface area contributed by atoms with Crippen LogP contribution in [0, 0.1) is 0 Å². The van der Waals surface area contributed by atoms with Crippen LogP contribution in [-0.4, -0.2) is 42.2 Å². The normalized spacial score (nSPS) is 25.5. The Balaban J connectivity index is 1.94. The zero-order chi connectivity index (χ0) is 13.5. The van der Waals surface area contributed by atoms with E-state index in [0.29, 0.717) is 0 Å². The number of aromatic nitrogens is 1. The Kier molecular flexibility index (Phi) is 2.91. The first kappa shape index (κ1) is 12.4. The predicted octanol–water partition coefficient (Wildman–Crippen LogP) is 0.805. The van der Waals surface area contributed by atoms with Crippen molar-refractivity contribution >= 4 is 26.4 Å². The fraction of sp³-hybridized carbons (Fsp3) is 0.308. The molecule has 3 rings (SSSR count). The van der Waals surface area contributed by atoms with E-state index in [9.17, 15) is 13.5 Å². The largest absolute Gasteiger partial charge is 0.390 e. The summed E-state index contributed by atoms with van der Waals surface area (Å²) in [6.07, 6.45) is 0.818. The molecule has 2 heterocycles. The SMILES string of the molecule is O=S1(=O)CC(O)C(Nc2cccc3cccnc23)C1. The maximum absolute atomic E-state index is 11.5. The second-order valence-corrected chi connectivity index (χ2v) is 6.93. The van der Waals surface area contributed by atoms with E-state index in [0.717, 1.165) is 16.6 Å². The Morgan fingerprint density at radius 3 is 2.74 bits per heavy atom. The lowest BCUT2D eigenvalue weighted by Gasteiger charge is -2.17. The number of aliphatic hydroxyl groups excluding tert-OH is 1. The van der Waals surface area contributed by atoms with Gasteiger partial charge in [-0.15, -0.1) is 0 Å². The lowest BCUT2D eigenvalue weighted by Crippen LogP contribution is -2.31. The molecule has 100 valence electrons. The van der Waals surface area contributed by atoms with Crippen molar-refractivity contribution in [1.29, 1.82) is 0 Å². The molecule has 0 aliphatic carbocycles. The van der Waals surface area contributed by atoms with Crippen molar-refractivity contribution < 1.29 is 13.5 Å². The molecule has 0 spiro atoms. The first-order valence-corrected chi connectivity index (χ1v) is 7.86. The van der Waals surface area contributed by atoms with Crippen molar-refractivity contribution in [3.05, 3.63) is 36.5 Å². The number of sulfone groups is 1. The van der Waals surface area contributed by atoms with Crippen LogP contribution in [0.25, 0.3) is 10.9 Å². The Bertz CT molecular complexity index is 709. The summed E-state index contributed by atoms with van der Waals surface area (Å²) in [6, 6.07) is 8.97. The number of nitrogens with zero attached hydrogens (tertiary/aromatic N) is 1. The summed E-state index contributed by atoms with van der Waals surface area (Å²) >= 11 is 0. The Morgan fingerprint density at radius 1 is 1.21 bits per heavy atom. The maximum Gasteiger partial charge on any atom is 0.155 e. The first-order valence-electron chi connectivity index (χ1n) is 6.04. The number of fused-ring (bicyclic) bond motifs is 1. The molecule has 1 aliphatic rings. The van der Waals surface area contributed by atoms with Gasteiger partial charge in [-0.1, -0.05) is 18.2 Å². The number of pyridine rings is 1. The van der Waals surface area contributed by atoms with Gasteiger partial charge in [0.25, 0.3) is 0 Å². The van der Waals surface area contributed by atoms with Crippen molar-refractivity contribution in [3.8, 4) is 0 Å². The molecule has 0 amide bonds. The molecule has 0 saturated carbocycles. The van der Waals surface area contributed by atoms with Gasteiger partial charge in [0.15, 0.2) is 9.84 Å². The van der Waals surface area contributed by atoms with E-state index < -0.39 is 22.0 Å². The number of hydrogen-bond acceptors (Lipinski definition) is 5. The molecule has 6 heteroatoms. The van der Waals surface area contributed by atoms with Crippen LogP contribution >= 0.6 is 0 Å². The molecule has 1 fully saturated rings. The number of hydrogen-bond donors (Lipinski definition) is 2. The second kappa shape index (κ2) is 4.47. The number of aliphatic hydroxyl groups is 1. The maximum atomic E-state index is 11.5. The lowest BCUT2D eigenvalue weighted by atomic mass is 10.1. The zero-order valence-electron chi connectivity index (χ0n) is 10.2. The molecule has 1 saturated heterocycles. The molecule has 1 aromatic heterocycles. The fourth-order valence-corrected chi connectivity index (χ4v) is 4.13. The monoisotopic (exact) mass is 278 g/mol. The van der Waals surface area contributed by atoms with Crippen LogP contribution in [0.1, 0.15) is 0 Å². The van der Waals surface area contributed by atoms with Gasteiger partial charge in [0.2, 0.25) is 0 Å². The van der Waals surface area contributed by atoms with Crippen LogP contribution in [0.3, 0.4) is 0 Å². The molecule has 2 atom stereocenters. The molecule has 2 aromatic rings. The summed E-state index contributed by atoms with van der Waals surface area (Å²) in [7, 11) is -3.15. The number of benzene rings is 1. The second-order valence-electron chi connectivity index (χ2n) is 4.78. The van der Waals surface area contributed by atoms with Gasteiger partial charge in [0.05, 0.1) is 34.9 Å². The molecule has 2 N–H and O–H groups in total. The summed E-state index contributed by atoms with van der Waals surface area (Å²) in [5.74, 6) is -0.222. The van der Waals surface area contributed by atoms with Crippen molar-refractivity contribution in [2.75, 3.05) is 16.8 Å². The van der Waals surface area contributed by atoms with Crippen molar-refractivity contribution in [2.45, 2.75) is 12.1 Å². The quantitative estimate of drug-likeness (QED) is 0.849. The van der Waals surface area contributed by atoms with E-state index in [4.69, 9.17) is 0 Å². The molecule has 19 heavy (non-hydrogen) atoms. The van der Waals surface area contributed by atoms with E-state index in [2.05, 4.69) is 10.3 Å². The van der Waals surface area contributed by atoms with Crippen molar-refractivity contribution in [1.82, 2.24) is 4.98 Å². The highest BCUT2D eigenvalue weighted by molar-refractivity contribution is 7.91. The van der Waals surface area contributed by atoms with Gasteiger partial charge in [-0.3, -0.25) is 4.98 Å². The highest BCUT2D eigenvalue weighted by Gasteiger charge is 2.36. The van der Waals surface area contributed by atoms with Crippen LogP contribution < -0.4 is 5.32 Å². The Hall–Kier alpha value is -1.66. The van der Waals surface area contributed by atoms with Crippen LogP contribution in [0.2, 0.25) is 0 Å². The minimum Gasteiger partial charge on any atom is -0.390 e. The topological polar surface area (TPSA) is 79.3 Å². The van der Waals surface area contributed by atoms with Crippen LogP contribution in [0.5, 0.6) is 0 Å². The molecule has 2 unspecified atom stereocenters. The van der Waals surface area contributed by atoms with E-state index in [1.54, 1.807) is 6.20 Å². The van der Waals surface area contributed by atoms with Gasteiger partial charge in [-0.2, -0.15) is 0 Å². The summed E-state index contributed by atoms with van der Waals surface area (Å²) in [5.41, 5.74) is 1.53. The summed E-state index contributed by atoms with van der Waals surface area (Å²) in [6.45, 7) is 0. The minimum atomic E-state index is -3.15. The molecule has 0 radical (unpaired) electrons. The van der Waals surface area contributed by atoms with E-state index >= 15 is 0 Å². The lowest BCUT2D eigenvalue weighted by molar-refractivity contribution is 0.190. The Morgan fingerprint density at radius 2 is 2.00 bits per heavy atom. The van der Waals surface area contributed by atoms with Crippen LogP contribution in [-0.2, 0) is 9.84 Å². The summed E-state index contributed by atoms with van der Waals surface area (Å²) in [5, 5.41) is 13.9. The van der Waals surface area contributed by atoms with E-state index in [1.807, 2.05) is 30.3 Å². The predicted molar refractivity (Wildman–Crippen MR) is 73.8 cm³/mol. The zero-order valence-corrected chi connectivity index (χ0v) is 11.0. The van der Waals surface area contributed by atoms with Gasteiger partial charge in [0.1, 0.15) is 0 Å². The third-order valence-corrected chi connectivity index (χ3v) is 5.01. The molecular formula is C13H14N2O3S. The van der Waals surface area contributed by atoms with Crippen LogP contribution in [0.15, 0.2) is 36.5 Å². The summed E-state index contributed by atoms with van der Waals surface area (Å²) < 4.78 is 23.0. The number of para-hydroxylation sites is 1. The third kappa shape index (κ3) is 2.41. The average Bonchev–Trinajstić information content (AvgIpc) is 2.63. The third-order valence-electron chi connectivity index (χ3n) is 3.30. The van der Waals surface area contributed by atoms with Gasteiger partial charge in [-0.05, 0) is 12.1 Å². The molecule has 5 nitrogen and oxygen atoms in total. The number of nitrogens with one attached hydrogen (secondary N) is 1. The fourth-order valence-electron chi connectivity index (χ4n) is 2.39. The number of rotatable bonds is 2. The van der Waals surface area contributed by atoms with E-state index in [1.165, 1.54) is 0 Å². The minimum absolute atomic E-state index is 0.0443. The van der Waals surface area contributed by atoms with Gasteiger partial charge >= 0.3 is 0 Å². The van der Waals surface area contributed by atoms with Crippen LogP contribution in [0.4, 0.5) is 5.69 Å². The van der Waals surface area contributed by atoms with Gasteiger partial charge in [0, 0.05) is 11.6 Å². The molecule has 1 aromatic carbocycles. The van der Waals surface area contributed by atoms with Gasteiger partial charge < -0.3 is 10.4 Å². The van der Waals surface area contributed by atoms with Crippen molar-refractivity contribution in [2.24, 2.45) is 0 Å². The van der Waals surface area contributed by atoms with Gasteiger partial charge in [-0.25, -0.2) is 8.42 Å². The molecule has 1 aliphatic heterocycles. The highest BCUT2D eigenvalue weighted by atomic mass is 32.2. The molecular weight excluding hydrogens is 264 g/mol. The molecule has 0 bridgehead atoms. The standard InChI is InChI=1S/C13H14N2O3S/c16-12-8-19(17,18)7-11(12)15-10-5-1-3-9-4-2-6-14-13(9)10/h1-6,11-12,15-16H,7-8H2. The Labute approximate surface area is 111 Å². The van der Waals surface area contributed by atoms with E-state index in [-0.39, 0.29) is 11.5 Å². The highest BCUT2D eigenvalue weighted by Crippen LogP contribution is 2.24. The average molecular weight is 278 g/mol. The summed E-state index contributed by atoms with van der Waals surface area (Å²) in [4.78, 5) is 4.29. The number of anilines is 1. The smallest absolute Gasteiger partial charge is 0.155 e.